The topological polar surface area (TPSA) is 119 Å². The second-order valence-electron chi connectivity index (χ2n) is 7.13. The quantitative estimate of drug-likeness (QED) is 0.593. The first-order valence-corrected chi connectivity index (χ1v) is 8.84. The van der Waals surface area contributed by atoms with Crippen LogP contribution in [0.25, 0.3) is 0 Å². The maximum Gasteiger partial charge on any atom is 0.293 e. The third-order valence-electron chi connectivity index (χ3n) is 5.03. The molecule has 1 atom stereocenters. The van der Waals surface area contributed by atoms with Crippen LogP contribution in [0.4, 0.5) is 11.4 Å². The second-order valence-corrected chi connectivity index (χ2v) is 7.13. The van der Waals surface area contributed by atoms with Gasteiger partial charge in [0.2, 0.25) is 11.8 Å². The maximum absolute atomic E-state index is 12.4. The first-order valence-electron chi connectivity index (χ1n) is 8.84. The molecule has 1 aromatic rings. The number of piperidine rings is 1. The predicted molar refractivity (Wildman–Crippen MR) is 99.0 cm³/mol. The number of nitrogens with one attached hydrogen (secondary N) is 1. The number of nitrogens with two attached hydrogens (primary N) is 1. The molecule has 26 heavy (non-hydrogen) atoms. The smallest absolute Gasteiger partial charge is 0.293 e. The molecular formula is C18H26N4O4. The summed E-state index contributed by atoms with van der Waals surface area (Å²) >= 11 is 0. The summed E-state index contributed by atoms with van der Waals surface area (Å²) in [6.45, 7) is 7.20. The van der Waals surface area contributed by atoms with Crippen molar-refractivity contribution in [1.29, 1.82) is 0 Å². The molecule has 1 unspecified atom stereocenters. The number of anilines is 1. The Morgan fingerprint density at radius 3 is 2.38 bits per heavy atom. The van der Waals surface area contributed by atoms with Crippen LogP contribution in [0, 0.1) is 22.0 Å². The Balaban J connectivity index is 2.07. The Morgan fingerprint density at radius 1 is 1.27 bits per heavy atom. The monoisotopic (exact) mass is 362 g/mol. The van der Waals surface area contributed by atoms with E-state index in [4.69, 9.17) is 5.73 Å². The number of nitrogens with zero attached hydrogens (tertiary/aromatic N) is 2. The molecule has 0 saturated carbocycles. The second kappa shape index (κ2) is 8.16. The lowest BCUT2D eigenvalue weighted by atomic mass is 9.94. The van der Waals surface area contributed by atoms with E-state index in [0.29, 0.717) is 37.5 Å². The van der Waals surface area contributed by atoms with Gasteiger partial charge in [0.05, 0.1) is 4.92 Å². The first-order chi connectivity index (χ1) is 12.2. The van der Waals surface area contributed by atoms with Crippen LogP contribution in [0.2, 0.25) is 0 Å². The van der Waals surface area contributed by atoms with Gasteiger partial charge in [-0.2, -0.15) is 0 Å². The molecule has 1 aliphatic heterocycles. The minimum absolute atomic E-state index is 0.0458. The molecule has 1 aliphatic rings. The van der Waals surface area contributed by atoms with Gasteiger partial charge in [0.25, 0.3) is 5.69 Å². The van der Waals surface area contributed by atoms with Gasteiger partial charge in [0.15, 0.2) is 0 Å². The molecule has 1 saturated heterocycles. The molecule has 142 valence electrons. The lowest BCUT2D eigenvalue weighted by molar-refractivity contribution is -0.384. The Labute approximate surface area is 152 Å². The van der Waals surface area contributed by atoms with Crippen LogP contribution >= 0.6 is 0 Å². The summed E-state index contributed by atoms with van der Waals surface area (Å²) in [5.74, 6) is -0.374. The average Bonchev–Trinajstić information content (AvgIpc) is 2.61. The zero-order valence-corrected chi connectivity index (χ0v) is 15.4. The fraction of sp³-hybridized carbons (Fsp3) is 0.556. The Kier molecular flexibility index (Phi) is 6.18. The van der Waals surface area contributed by atoms with Gasteiger partial charge in [-0.3, -0.25) is 19.7 Å². The molecule has 8 nitrogen and oxygen atoms in total. The Bertz CT molecular complexity index is 696. The third kappa shape index (κ3) is 4.50. The number of benzene rings is 1. The fourth-order valence-electron chi connectivity index (χ4n) is 2.98. The fourth-order valence-corrected chi connectivity index (χ4v) is 2.98. The molecular weight excluding hydrogens is 336 g/mol. The number of hydrogen-bond acceptors (Lipinski definition) is 5. The largest absolute Gasteiger partial charge is 0.366 e. The van der Waals surface area contributed by atoms with Gasteiger partial charge in [-0.25, -0.2) is 0 Å². The highest BCUT2D eigenvalue weighted by Gasteiger charge is 2.29. The summed E-state index contributed by atoms with van der Waals surface area (Å²) < 4.78 is 0. The highest BCUT2D eigenvalue weighted by molar-refractivity contribution is 5.94. The number of nitro groups is 1. The van der Waals surface area contributed by atoms with Crippen LogP contribution in [0.1, 0.15) is 44.0 Å². The molecule has 0 radical (unpaired) electrons. The van der Waals surface area contributed by atoms with E-state index in [0.717, 1.165) is 0 Å². The highest BCUT2D eigenvalue weighted by atomic mass is 16.6. The average molecular weight is 362 g/mol. The van der Waals surface area contributed by atoms with Crippen molar-refractivity contribution in [3.63, 3.8) is 0 Å². The molecule has 2 amide bonds. The molecule has 0 spiro atoms. The Morgan fingerprint density at radius 2 is 1.88 bits per heavy atom. The Hall–Kier alpha value is -2.64. The van der Waals surface area contributed by atoms with Crippen LogP contribution in [-0.2, 0) is 4.79 Å². The number of carbonyl (C=O) groups excluding carboxylic acids is 2. The van der Waals surface area contributed by atoms with Crippen LogP contribution in [-0.4, -0.2) is 35.9 Å². The third-order valence-corrected chi connectivity index (χ3v) is 5.03. The van der Waals surface area contributed by atoms with Gasteiger partial charge < -0.3 is 16.0 Å². The van der Waals surface area contributed by atoms with E-state index in [-0.39, 0.29) is 29.1 Å². The molecule has 0 aromatic heterocycles. The molecule has 3 N–H and O–H groups in total. The summed E-state index contributed by atoms with van der Waals surface area (Å²) in [7, 11) is 0. The first kappa shape index (κ1) is 19.7. The van der Waals surface area contributed by atoms with Crippen molar-refractivity contribution in [2.45, 2.75) is 39.7 Å². The summed E-state index contributed by atoms with van der Waals surface area (Å²) in [6, 6.07) is 4.37. The molecule has 1 aromatic carbocycles. The number of amides is 2. The summed E-state index contributed by atoms with van der Waals surface area (Å²) in [4.78, 5) is 36.4. The van der Waals surface area contributed by atoms with Gasteiger partial charge in [-0.15, -0.1) is 0 Å². The van der Waals surface area contributed by atoms with Gasteiger partial charge in [-0.1, -0.05) is 13.8 Å². The molecule has 2 rings (SSSR count). The van der Waals surface area contributed by atoms with E-state index < -0.39 is 10.8 Å². The minimum atomic E-state index is -0.700. The molecule has 1 fully saturated rings. The lowest BCUT2D eigenvalue weighted by Gasteiger charge is -2.33. The number of nitro benzene ring substituents is 1. The van der Waals surface area contributed by atoms with Crippen molar-refractivity contribution < 1.29 is 14.5 Å². The van der Waals surface area contributed by atoms with Crippen LogP contribution < -0.4 is 16.0 Å². The minimum Gasteiger partial charge on any atom is -0.366 e. The van der Waals surface area contributed by atoms with Crippen LogP contribution in [0.5, 0.6) is 0 Å². The highest BCUT2D eigenvalue weighted by Crippen LogP contribution is 2.32. The van der Waals surface area contributed by atoms with Gasteiger partial charge in [0.1, 0.15) is 5.69 Å². The van der Waals surface area contributed by atoms with Crippen LogP contribution in [0.15, 0.2) is 18.2 Å². The van der Waals surface area contributed by atoms with E-state index >= 15 is 0 Å². The number of hydrogen-bond donors (Lipinski definition) is 2. The summed E-state index contributed by atoms with van der Waals surface area (Å²) in [5.41, 5.74) is 5.62. The predicted octanol–water partition coefficient (Wildman–Crippen LogP) is 2.07. The van der Waals surface area contributed by atoms with Gasteiger partial charge >= 0.3 is 0 Å². The van der Waals surface area contributed by atoms with Crippen molar-refractivity contribution in [2.75, 3.05) is 18.0 Å². The van der Waals surface area contributed by atoms with E-state index in [1.54, 1.807) is 6.07 Å². The summed E-state index contributed by atoms with van der Waals surface area (Å²) in [5, 5.41) is 14.4. The van der Waals surface area contributed by atoms with E-state index in [9.17, 15) is 19.7 Å². The van der Waals surface area contributed by atoms with Gasteiger partial charge in [-0.05, 0) is 37.8 Å². The van der Waals surface area contributed by atoms with E-state index in [1.807, 2.05) is 11.8 Å². The van der Waals surface area contributed by atoms with Crippen LogP contribution in [0.3, 0.4) is 0 Å². The zero-order valence-electron chi connectivity index (χ0n) is 15.4. The van der Waals surface area contributed by atoms with E-state index in [1.165, 1.54) is 12.1 Å². The van der Waals surface area contributed by atoms with Gasteiger partial charge in [0, 0.05) is 36.7 Å². The lowest BCUT2D eigenvalue weighted by Crippen LogP contribution is -2.44. The van der Waals surface area contributed by atoms with Crippen molar-refractivity contribution >= 4 is 23.2 Å². The standard InChI is InChI=1S/C18H26N4O4/c1-11(2)12(3)20-18(24)13-6-8-21(9-7-13)15-5-4-14(17(19)23)10-16(15)22(25)26/h4-5,10-13H,6-9H2,1-3H3,(H2,19,23)(H,20,24). The number of carbonyl (C=O) groups is 2. The maximum atomic E-state index is 12.4. The number of primary amides is 1. The van der Waals surface area contributed by atoms with Crippen molar-refractivity contribution in [1.82, 2.24) is 5.32 Å². The normalized spacial score (nSPS) is 16.4. The molecule has 1 heterocycles. The number of rotatable bonds is 6. The van der Waals surface area contributed by atoms with Crippen molar-refractivity contribution in [3.05, 3.63) is 33.9 Å². The molecule has 8 heteroatoms. The zero-order chi connectivity index (χ0) is 19.4. The van der Waals surface area contributed by atoms with Crippen molar-refractivity contribution in [3.8, 4) is 0 Å². The van der Waals surface area contributed by atoms with Crippen molar-refractivity contribution in [2.24, 2.45) is 17.6 Å². The SMILES string of the molecule is CC(C)C(C)NC(=O)C1CCN(c2ccc(C(N)=O)cc2[N+](=O)[O-])CC1. The molecule has 0 aliphatic carbocycles. The summed E-state index contributed by atoms with van der Waals surface area (Å²) in [6.07, 6.45) is 1.26. The van der Waals surface area contributed by atoms with E-state index in [2.05, 4.69) is 19.2 Å². The molecule has 0 bridgehead atoms.